The average Bonchev–Trinajstić information content (AvgIpc) is 3.28. The fourth-order valence-corrected chi connectivity index (χ4v) is 3.63. The van der Waals surface area contributed by atoms with Gasteiger partial charge in [0.15, 0.2) is 16.6 Å². The monoisotopic (exact) mass is 330 g/mol. The van der Waals surface area contributed by atoms with Gasteiger partial charge in [0, 0.05) is 11.8 Å². The summed E-state index contributed by atoms with van der Waals surface area (Å²) in [5, 5.41) is 7.28. The summed E-state index contributed by atoms with van der Waals surface area (Å²) < 4.78 is 16.4. The van der Waals surface area contributed by atoms with Gasteiger partial charge in [-0.2, -0.15) is 0 Å². The second kappa shape index (κ2) is 5.77. The molecule has 2 heterocycles. The lowest BCUT2D eigenvalue weighted by Gasteiger charge is -2.29. The predicted octanol–water partition coefficient (Wildman–Crippen LogP) is 3.76. The van der Waals surface area contributed by atoms with Crippen LogP contribution in [0, 0.1) is 0 Å². The summed E-state index contributed by atoms with van der Waals surface area (Å²) in [6.07, 6.45) is 6.08. The number of nitrogens with one attached hydrogen (secondary N) is 2. The summed E-state index contributed by atoms with van der Waals surface area (Å²) >= 11 is 5.51. The molecule has 4 rings (SSSR count). The highest BCUT2D eigenvalue weighted by atomic mass is 32.1. The van der Waals surface area contributed by atoms with E-state index in [9.17, 15) is 0 Å². The summed E-state index contributed by atoms with van der Waals surface area (Å²) in [6.45, 7) is 0.267. The molecule has 23 heavy (non-hydrogen) atoms. The molecule has 1 aliphatic carbocycles. The fraction of sp³-hybridized carbons (Fsp3) is 0.353. The van der Waals surface area contributed by atoms with Crippen molar-refractivity contribution < 1.29 is 13.9 Å². The molecule has 0 spiro atoms. The zero-order valence-electron chi connectivity index (χ0n) is 12.6. The van der Waals surface area contributed by atoms with Crippen molar-refractivity contribution in [1.29, 1.82) is 0 Å². The highest BCUT2D eigenvalue weighted by Crippen LogP contribution is 2.39. The number of thiocarbonyl (C=S) groups is 1. The van der Waals surface area contributed by atoms with Gasteiger partial charge in [-0.3, -0.25) is 0 Å². The third-order valence-electron chi connectivity index (χ3n) is 4.43. The van der Waals surface area contributed by atoms with E-state index in [1.807, 2.05) is 30.3 Å². The van der Waals surface area contributed by atoms with E-state index in [0.717, 1.165) is 35.8 Å². The van der Waals surface area contributed by atoms with Gasteiger partial charge in [0.25, 0.3) is 0 Å². The molecule has 0 radical (unpaired) electrons. The summed E-state index contributed by atoms with van der Waals surface area (Å²) in [6, 6.07) is 9.64. The number of rotatable bonds is 3. The van der Waals surface area contributed by atoms with Gasteiger partial charge in [-0.25, -0.2) is 0 Å². The minimum absolute atomic E-state index is 0.204. The van der Waals surface area contributed by atoms with E-state index in [-0.39, 0.29) is 12.3 Å². The van der Waals surface area contributed by atoms with Gasteiger partial charge in [0.1, 0.15) is 5.76 Å². The standard InChI is InChI=1S/C17H18N2O3S/c23-16(18-12-5-6-13-14(10-12)22-11-21-13)19-17(7-1-2-8-17)15-4-3-9-20-15/h3-6,9-10H,1-2,7-8,11H2,(H2,18,19,23). The molecule has 0 bridgehead atoms. The van der Waals surface area contributed by atoms with Crippen LogP contribution in [0.3, 0.4) is 0 Å². The van der Waals surface area contributed by atoms with Crippen LogP contribution in [0.2, 0.25) is 0 Å². The zero-order valence-corrected chi connectivity index (χ0v) is 13.4. The van der Waals surface area contributed by atoms with Crippen molar-refractivity contribution in [3.05, 3.63) is 42.4 Å². The van der Waals surface area contributed by atoms with Crippen LogP contribution in [0.1, 0.15) is 31.4 Å². The molecular formula is C17H18N2O3S. The van der Waals surface area contributed by atoms with Crippen molar-refractivity contribution in [3.8, 4) is 11.5 Å². The Balaban J connectivity index is 1.49. The van der Waals surface area contributed by atoms with Crippen LogP contribution < -0.4 is 20.1 Å². The topological polar surface area (TPSA) is 55.7 Å². The Labute approximate surface area is 140 Å². The molecule has 2 aliphatic rings. The van der Waals surface area contributed by atoms with Crippen LogP contribution >= 0.6 is 12.2 Å². The van der Waals surface area contributed by atoms with Crippen molar-refractivity contribution in [3.63, 3.8) is 0 Å². The molecule has 0 unspecified atom stereocenters. The molecule has 1 fully saturated rings. The van der Waals surface area contributed by atoms with E-state index in [2.05, 4.69) is 10.6 Å². The molecule has 1 aromatic heterocycles. The molecule has 0 atom stereocenters. The maximum Gasteiger partial charge on any atom is 0.231 e. The maximum atomic E-state index is 5.65. The lowest BCUT2D eigenvalue weighted by atomic mass is 9.94. The van der Waals surface area contributed by atoms with E-state index in [1.165, 1.54) is 12.8 Å². The highest BCUT2D eigenvalue weighted by molar-refractivity contribution is 7.80. The molecule has 0 amide bonds. The fourth-order valence-electron chi connectivity index (χ4n) is 3.32. The van der Waals surface area contributed by atoms with Gasteiger partial charge in [-0.1, -0.05) is 12.8 Å². The van der Waals surface area contributed by atoms with Crippen LogP contribution in [-0.2, 0) is 5.54 Å². The van der Waals surface area contributed by atoms with Crippen LogP contribution in [0.15, 0.2) is 41.0 Å². The normalized spacial score (nSPS) is 17.9. The second-order valence-electron chi connectivity index (χ2n) is 5.91. The van der Waals surface area contributed by atoms with Crippen LogP contribution in [-0.4, -0.2) is 11.9 Å². The Morgan fingerprint density at radius 2 is 1.91 bits per heavy atom. The summed E-state index contributed by atoms with van der Waals surface area (Å²) in [7, 11) is 0. The first kappa shape index (κ1) is 14.4. The minimum atomic E-state index is -0.204. The first-order valence-electron chi connectivity index (χ1n) is 7.78. The number of fused-ring (bicyclic) bond motifs is 1. The van der Waals surface area contributed by atoms with E-state index in [4.69, 9.17) is 26.1 Å². The Morgan fingerprint density at radius 1 is 1.09 bits per heavy atom. The number of furan rings is 1. The molecule has 5 nitrogen and oxygen atoms in total. The largest absolute Gasteiger partial charge is 0.467 e. The third kappa shape index (κ3) is 2.74. The van der Waals surface area contributed by atoms with Gasteiger partial charge in [0.2, 0.25) is 6.79 Å². The molecule has 0 saturated heterocycles. The quantitative estimate of drug-likeness (QED) is 0.836. The first-order chi connectivity index (χ1) is 11.3. The van der Waals surface area contributed by atoms with Gasteiger partial charge in [-0.05, 0) is 49.3 Å². The highest BCUT2D eigenvalue weighted by Gasteiger charge is 2.38. The third-order valence-corrected chi connectivity index (χ3v) is 4.64. The molecule has 2 N–H and O–H groups in total. The smallest absolute Gasteiger partial charge is 0.231 e. The lowest BCUT2D eigenvalue weighted by Crippen LogP contribution is -2.45. The summed E-state index contributed by atoms with van der Waals surface area (Å²) in [5.74, 6) is 2.45. The van der Waals surface area contributed by atoms with Crippen LogP contribution in [0.5, 0.6) is 11.5 Å². The Morgan fingerprint density at radius 3 is 2.70 bits per heavy atom. The first-order valence-corrected chi connectivity index (χ1v) is 8.19. The molecular weight excluding hydrogens is 312 g/mol. The number of ether oxygens (including phenoxy) is 2. The van der Waals surface area contributed by atoms with E-state index < -0.39 is 0 Å². The second-order valence-corrected chi connectivity index (χ2v) is 6.32. The van der Waals surface area contributed by atoms with Gasteiger partial charge in [-0.15, -0.1) is 0 Å². The maximum absolute atomic E-state index is 5.65. The Kier molecular flexibility index (Phi) is 3.61. The summed E-state index contributed by atoms with van der Waals surface area (Å²) in [5.41, 5.74) is 0.670. The van der Waals surface area contributed by atoms with Crippen molar-refractivity contribution in [2.45, 2.75) is 31.2 Å². The molecule has 1 aliphatic heterocycles. The number of hydrogen-bond acceptors (Lipinski definition) is 4. The number of hydrogen-bond donors (Lipinski definition) is 2. The molecule has 120 valence electrons. The summed E-state index contributed by atoms with van der Waals surface area (Å²) in [4.78, 5) is 0. The Bertz CT molecular complexity index is 709. The van der Waals surface area contributed by atoms with E-state index in [1.54, 1.807) is 6.26 Å². The predicted molar refractivity (Wildman–Crippen MR) is 90.8 cm³/mol. The zero-order chi connectivity index (χ0) is 15.7. The molecule has 2 aromatic rings. The van der Waals surface area contributed by atoms with Crippen LogP contribution in [0.25, 0.3) is 0 Å². The van der Waals surface area contributed by atoms with Gasteiger partial charge in [0.05, 0.1) is 11.8 Å². The SMILES string of the molecule is S=C(Nc1ccc2c(c1)OCO2)NC1(c2ccco2)CCCC1. The van der Waals surface area contributed by atoms with E-state index in [0.29, 0.717) is 5.11 Å². The lowest BCUT2D eigenvalue weighted by molar-refractivity contribution is 0.174. The molecule has 6 heteroatoms. The Hall–Kier alpha value is -2.21. The molecule has 1 aromatic carbocycles. The van der Waals surface area contributed by atoms with Gasteiger partial charge < -0.3 is 24.5 Å². The average molecular weight is 330 g/mol. The van der Waals surface area contributed by atoms with Crippen molar-refractivity contribution in [2.75, 3.05) is 12.1 Å². The molecule has 1 saturated carbocycles. The number of anilines is 1. The van der Waals surface area contributed by atoms with Crippen LogP contribution in [0.4, 0.5) is 5.69 Å². The van der Waals surface area contributed by atoms with Crippen molar-refractivity contribution in [1.82, 2.24) is 5.32 Å². The van der Waals surface area contributed by atoms with Crippen molar-refractivity contribution in [2.24, 2.45) is 0 Å². The number of benzene rings is 1. The minimum Gasteiger partial charge on any atom is -0.467 e. The van der Waals surface area contributed by atoms with Crippen molar-refractivity contribution >= 4 is 23.0 Å². The van der Waals surface area contributed by atoms with E-state index >= 15 is 0 Å². The van der Waals surface area contributed by atoms with Gasteiger partial charge >= 0.3 is 0 Å².